The van der Waals surface area contributed by atoms with Crippen LogP contribution in [0.4, 0.5) is 0 Å². The predicted octanol–water partition coefficient (Wildman–Crippen LogP) is 0.539. The van der Waals surface area contributed by atoms with Crippen molar-refractivity contribution in [3.8, 4) is 0 Å². The molecule has 0 atom stereocenters. The van der Waals surface area contributed by atoms with Crippen LogP contribution in [0.25, 0.3) is 0 Å². The molecule has 0 spiro atoms. The fraction of sp³-hybridized carbons (Fsp3) is 0.600. The molecule has 8 nitrogen and oxygen atoms in total. The maximum Gasteiger partial charge on any atom is 0.252 e. The number of methoxy groups -OCH3 is 1. The summed E-state index contributed by atoms with van der Waals surface area (Å²) in [7, 11) is 3.49. The molecule has 2 aromatic heterocycles. The first-order valence-corrected chi connectivity index (χ1v) is 5.45. The lowest BCUT2D eigenvalue weighted by atomic mass is 10.5. The summed E-state index contributed by atoms with van der Waals surface area (Å²) in [6, 6.07) is 0. The number of hydrogen-bond acceptors (Lipinski definition) is 8. The summed E-state index contributed by atoms with van der Waals surface area (Å²) in [5, 5.41) is 11.5. The van der Waals surface area contributed by atoms with Crippen molar-refractivity contribution < 1.29 is 13.7 Å². The summed E-state index contributed by atoms with van der Waals surface area (Å²) < 4.78 is 15.2. The zero-order valence-electron chi connectivity index (χ0n) is 10.6. The largest absolute Gasteiger partial charge is 0.424 e. The van der Waals surface area contributed by atoms with Crippen molar-refractivity contribution in [2.24, 2.45) is 0 Å². The molecule has 98 valence electrons. The average molecular weight is 253 g/mol. The number of nitrogens with zero attached hydrogens (tertiary/aromatic N) is 5. The highest BCUT2D eigenvalue weighted by Gasteiger charge is 2.11. The van der Waals surface area contributed by atoms with Gasteiger partial charge in [-0.1, -0.05) is 5.16 Å². The Morgan fingerprint density at radius 3 is 2.72 bits per heavy atom. The van der Waals surface area contributed by atoms with Crippen LogP contribution in [0.2, 0.25) is 0 Å². The van der Waals surface area contributed by atoms with Gasteiger partial charge in [0.25, 0.3) is 5.89 Å². The first-order valence-electron chi connectivity index (χ1n) is 5.45. The molecule has 0 bridgehead atoms. The van der Waals surface area contributed by atoms with Crippen molar-refractivity contribution in [3.05, 3.63) is 23.5 Å². The van der Waals surface area contributed by atoms with Gasteiger partial charge in [0, 0.05) is 14.0 Å². The molecule has 0 aliphatic rings. The molecule has 2 heterocycles. The first kappa shape index (κ1) is 12.7. The molecular formula is C10H15N5O3. The highest BCUT2D eigenvalue weighted by molar-refractivity contribution is 4.86. The van der Waals surface area contributed by atoms with Crippen molar-refractivity contribution in [2.45, 2.75) is 26.6 Å². The Morgan fingerprint density at radius 1 is 1.22 bits per heavy atom. The fourth-order valence-electron chi connectivity index (χ4n) is 1.47. The van der Waals surface area contributed by atoms with E-state index in [-0.39, 0.29) is 0 Å². The van der Waals surface area contributed by atoms with E-state index < -0.39 is 0 Å². The van der Waals surface area contributed by atoms with Crippen molar-refractivity contribution in [1.82, 2.24) is 25.2 Å². The highest BCUT2D eigenvalue weighted by atomic mass is 16.5. The molecule has 18 heavy (non-hydrogen) atoms. The molecule has 0 N–H and O–H groups in total. The predicted molar refractivity (Wildman–Crippen MR) is 59.2 cm³/mol. The van der Waals surface area contributed by atoms with E-state index in [4.69, 9.17) is 13.7 Å². The number of ether oxygens (including phenoxy) is 1. The molecule has 0 aromatic carbocycles. The van der Waals surface area contributed by atoms with Gasteiger partial charge in [0.1, 0.15) is 6.61 Å². The van der Waals surface area contributed by atoms with Crippen molar-refractivity contribution in [1.29, 1.82) is 0 Å². The molecular weight excluding hydrogens is 238 g/mol. The summed E-state index contributed by atoms with van der Waals surface area (Å²) in [5.74, 6) is 2.19. The Labute approximate surface area is 104 Å². The molecule has 8 heteroatoms. The SMILES string of the molecule is COCc1nc(CN(C)Cc2nnc(C)o2)no1. The normalized spacial score (nSPS) is 11.3. The second-order valence-electron chi connectivity index (χ2n) is 3.92. The molecule has 0 fully saturated rings. The quantitative estimate of drug-likeness (QED) is 0.736. The van der Waals surface area contributed by atoms with Gasteiger partial charge in [-0.25, -0.2) is 0 Å². The van der Waals surface area contributed by atoms with E-state index in [2.05, 4.69) is 20.3 Å². The van der Waals surface area contributed by atoms with Crippen LogP contribution in [0.5, 0.6) is 0 Å². The molecule has 2 aromatic rings. The van der Waals surface area contributed by atoms with E-state index in [1.807, 2.05) is 11.9 Å². The summed E-state index contributed by atoms with van der Waals surface area (Å²) in [4.78, 5) is 6.13. The average Bonchev–Trinajstić information content (AvgIpc) is 2.89. The second-order valence-corrected chi connectivity index (χ2v) is 3.92. The van der Waals surface area contributed by atoms with Crippen LogP contribution in [0, 0.1) is 6.92 Å². The molecule has 0 saturated carbocycles. The lowest BCUT2D eigenvalue weighted by molar-refractivity contribution is 0.151. The van der Waals surface area contributed by atoms with Gasteiger partial charge in [-0.3, -0.25) is 4.90 Å². The highest BCUT2D eigenvalue weighted by Crippen LogP contribution is 2.06. The van der Waals surface area contributed by atoms with Gasteiger partial charge in [-0.15, -0.1) is 10.2 Å². The van der Waals surface area contributed by atoms with Crippen LogP contribution < -0.4 is 0 Å². The standard InChI is InChI=1S/C10H15N5O3/c1-7-12-13-9(17-7)5-15(2)4-8-11-10(6-16-3)18-14-8/h4-6H2,1-3H3. The molecule has 0 aliphatic carbocycles. The number of hydrogen-bond donors (Lipinski definition) is 0. The van der Waals surface area contributed by atoms with E-state index in [1.165, 1.54) is 0 Å². The molecule has 0 amide bonds. The number of aromatic nitrogens is 4. The summed E-state index contributed by atoms with van der Waals surface area (Å²) >= 11 is 0. The molecule has 0 saturated heterocycles. The maximum atomic E-state index is 5.29. The van der Waals surface area contributed by atoms with Crippen molar-refractivity contribution in [3.63, 3.8) is 0 Å². The zero-order valence-corrected chi connectivity index (χ0v) is 10.6. The van der Waals surface area contributed by atoms with Crippen LogP contribution in [0.1, 0.15) is 23.5 Å². The smallest absolute Gasteiger partial charge is 0.252 e. The summed E-state index contributed by atoms with van der Waals surface area (Å²) in [6.07, 6.45) is 0. The van der Waals surface area contributed by atoms with Crippen molar-refractivity contribution in [2.75, 3.05) is 14.2 Å². The van der Waals surface area contributed by atoms with Gasteiger partial charge in [0.05, 0.1) is 13.1 Å². The van der Waals surface area contributed by atoms with Gasteiger partial charge in [0.15, 0.2) is 5.82 Å². The zero-order chi connectivity index (χ0) is 13.0. The van der Waals surface area contributed by atoms with Crippen LogP contribution in [0.15, 0.2) is 8.94 Å². The van der Waals surface area contributed by atoms with E-state index in [0.717, 1.165) is 0 Å². The third-order valence-electron chi connectivity index (χ3n) is 2.16. The first-order chi connectivity index (χ1) is 8.67. The van der Waals surface area contributed by atoms with Gasteiger partial charge in [0.2, 0.25) is 11.8 Å². The summed E-state index contributed by atoms with van der Waals surface area (Å²) in [6.45, 7) is 3.15. The monoisotopic (exact) mass is 253 g/mol. The third-order valence-corrected chi connectivity index (χ3v) is 2.16. The Kier molecular flexibility index (Phi) is 4.00. The van der Waals surface area contributed by atoms with Crippen LogP contribution in [-0.2, 0) is 24.4 Å². The minimum Gasteiger partial charge on any atom is -0.424 e. The van der Waals surface area contributed by atoms with Gasteiger partial charge in [-0.2, -0.15) is 4.98 Å². The Bertz CT molecular complexity index is 495. The van der Waals surface area contributed by atoms with E-state index in [1.54, 1.807) is 14.0 Å². The molecule has 2 rings (SSSR count). The van der Waals surface area contributed by atoms with Crippen LogP contribution in [-0.4, -0.2) is 39.4 Å². The summed E-state index contributed by atoms with van der Waals surface area (Å²) in [5.41, 5.74) is 0. The Balaban J connectivity index is 1.88. The Morgan fingerprint density at radius 2 is 2.06 bits per heavy atom. The lowest BCUT2D eigenvalue weighted by Crippen LogP contribution is -2.18. The number of aryl methyl sites for hydroxylation is 1. The van der Waals surface area contributed by atoms with Gasteiger partial charge in [-0.05, 0) is 7.05 Å². The van der Waals surface area contributed by atoms with Crippen molar-refractivity contribution >= 4 is 0 Å². The van der Waals surface area contributed by atoms with E-state index in [0.29, 0.717) is 43.2 Å². The molecule has 0 unspecified atom stereocenters. The third kappa shape index (κ3) is 3.34. The second kappa shape index (κ2) is 5.69. The maximum absolute atomic E-state index is 5.29. The van der Waals surface area contributed by atoms with Gasteiger partial charge >= 0.3 is 0 Å². The minimum atomic E-state index is 0.319. The van der Waals surface area contributed by atoms with Crippen LogP contribution >= 0.6 is 0 Å². The van der Waals surface area contributed by atoms with Gasteiger partial charge < -0.3 is 13.7 Å². The lowest BCUT2D eigenvalue weighted by Gasteiger charge is -2.10. The van der Waals surface area contributed by atoms with Crippen LogP contribution in [0.3, 0.4) is 0 Å². The topological polar surface area (TPSA) is 90.3 Å². The van der Waals surface area contributed by atoms with E-state index in [9.17, 15) is 0 Å². The minimum absolute atomic E-state index is 0.319. The van der Waals surface area contributed by atoms with E-state index >= 15 is 0 Å². The molecule has 0 radical (unpaired) electrons. The number of rotatable bonds is 6. The molecule has 0 aliphatic heterocycles. The Hall–Kier alpha value is -1.80. The fourth-order valence-corrected chi connectivity index (χ4v) is 1.47.